The highest BCUT2D eigenvalue weighted by molar-refractivity contribution is 5.04. The van der Waals surface area contributed by atoms with Crippen molar-refractivity contribution >= 4 is 0 Å². The van der Waals surface area contributed by atoms with Crippen LogP contribution in [0.5, 0.6) is 0 Å². The van der Waals surface area contributed by atoms with Crippen molar-refractivity contribution in [1.29, 1.82) is 0 Å². The summed E-state index contributed by atoms with van der Waals surface area (Å²) in [6, 6.07) is 0. The first-order chi connectivity index (χ1) is 5.43. The third-order valence-corrected chi connectivity index (χ3v) is 2.21. The smallest absolute Gasteiger partial charge is 0.0308 e. The van der Waals surface area contributed by atoms with Gasteiger partial charge in [-0.1, -0.05) is 24.5 Å². The number of rotatable bonds is 2. The van der Waals surface area contributed by atoms with Crippen molar-refractivity contribution < 1.29 is 0 Å². The second-order valence-corrected chi connectivity index (χ2v) is 3.20. The Balaban J connectivity index is 2.32. The molecule has 11 heavy (non-hydrogen) atoms. The molecule has 0 aromatic rings. The summed E-state index contributed by atoms with van der Waals surface area (Å²) in [7, 11) is 0. The molecule has 0 heterocycles. The van der Waals surface area contributed by atoms with Crippen LogP contribution in [0.15, 0.2) is 11.6 Å². The predicted molar refractivity (Wildman–Crippen MR) is 48.0 cm³/mol. The minimum atomic E-state index is 0.875. The monoisotopic (exact) mass is 154 g/mol. The first-order valence-electron chi connectivity index (χ1n) is 4.55. The maximum Gasteiger partial charge on any atom is 0.0308 e. The third-order valence-electron chi connectivity index (χ3n) is 2.21. The standard InChI is InChI=1S/C9H18N2/c10-11-8-9-6-4-2-1-3-5-7-9/h6,11H,1-5,7-8,10H2/b9-6+. The lowest BCUT2D eigenvalue weighted by molar-refractivity contribution is 0.610. The molecule has 0 fully saturated rings. The van der Waals surface area contributed by atoms with Crippen LogP contribution >= 0.6 is 0 Å². The fourth-order valence-electron chi connectivity index (χ4n) is 1.55. The van der Waals surface area contributed by atoms with Crippen molar-refractivity contribution in [2.45, 2.75) is 38.5 Å². The van der Waals surface area contributed by atoms with Crippen molar-refractivity contribution in [3.05, 3.63) is 11.6 Å². The molecule has 0 saturated carbocycles. The highest BCUT2D eigenvalue weighted by Crippen LogP contribution is 2.15. The molecule has 0 atom stereocenters. The van der Waals surface area contributed by atoms with Crippen LogP contribution in [0.3, 0.4) is 0 Å². The lowest BCUT2D eigenvalue weighted by Gasteiger charge is -2.10. The molecule has 0 aromatic carbocycles. The summed E-state index contributed by atoms with van der Waals surface area (Å²) in [5.41, 5.74) is 4.21. The summed E-state index contributed by atoms with van der Waals surface area (Å²) in [6.07, 6.45) is 10.3. The Labute approximate surface area is 68.8 Å². The lowest BCUT2D eigenvalue weighted by Crippen LogP contribution is -2.24. The SMILES string of the molecule is NNC/C1=C/CCCCCC1. The zero-order valence-electron chi connectivity index (χ0n) is 7.10. The molecular formula is C9H18N2. The summed E-state index contributed by atoms with van der Waals surface area (Å²) in [4.78, 5) is 0. The summed E-state index contributed by atoms with van der Waals surface area (Å²) >= 11 is 0. The van der Waals surface area contributed by atoms with Crippen LogP contribution in [0.1, 0.15) is 38.5 Å². The Morgan fingerprint density at radius 2 is 2.09 bits per heavy atom. The highest BCUT2D eigenvalue weighted by Gasteiger charge is 1.99. The van der Waals surface area contributed by atoms with Gasteiger partial charge in [0.05, 0.1) is 0 Å². The minimum Gasteiger partial charge on any atom is -0.271 e. The Kier molecular flexibility index (Phi) is 4.24. The topological polar surface area (TPSA) is 38.0 Å². The summed E-state index contributed by atoms with van der Waals surface area (Å²) in [5, 5.41) is 0. The molecule has 2 heteroatoms. The normalized spacial score (nSPS) is 25.0. The molecule has 3 N–H and O–H groups in total. The Bertz CT molecular complexity index is 130. The zero-order valence-corrected chi connectivity index (χ0v) is 7.10. The van der Waals surface area contributed by atoms with Crippen molar-refractivity contribution in [3.8, 4) is 0 Å². The van der Waals surface area contributed by atoms with Gasteiger partial charge < -0.3 is 0 Å². The van der Waals surface area contributed by atoms with Gasteiger partial charge in [-0.2, -0.15) is 0 Å². The van der Waals surface area contributed by atoms with E-state index in [9.17, 15) is 0 Å². The van der Waals surface area contributed by atoms with Gasteiger partial charge in [0.25, 0.3) is 0 Å². The molecule has 0 bridgehead atoms. The Morgan fingerprint density at radius 1 is 1.27 bits per heavy atom. The van der Waals surface area contributed by atoms with Crippen LogP contribution in [0.25, 0.3) is 0 Å². The molecule has 0 aliphatic heterocycles. The van der Waals surface area contributed by atoms with Gasteiger partial charge in [0.15, 0.2) is 0 Å². The average molecular weight is 154 g/mol. The number of allylic oxidation sites excluding steroid dienone is 1. The van der Waals surface area contributed by atoms with Gasteiger partial charge in [0.2, 0.25) is 0 Å². The molecule has 0 unspecified atom stereocenters. The van der Waals surface area contributed by atoms with Crippen molar-refractivity contribution in [1.82, 2.24) is 5.43 Å². The maximum absolute atomic E-state index is 5.26. The molecule has 64 valence electrons. The number of hydrogen-bond acceptors (Lipinski definition) is 2. The van der Waals surface area contributed by atoms with E-state index in [0.29, 0.717) is 0 Å². The molecule has 1 aliphatic carbocycles. The van der Waals surface area contributed by atoms with Gasteiger partial charge in [-0.3, -0.25) is 11.3 Å². The maximum atomic E-state index is 5.26. The van der Waals surface area contributed by atoms with Crippen molar-refractivity contribution in [2.24, 2.45) is 5.84 Å². The second kappa shape index (κ2) is 5.33. The Hall–Kier alpha value is -0.340. The number of nitrogens with two attached hydrogens (primary N) is 1. The van der Waals surface area contributed by atoms with E-state index in [1.807, 2.05) is 0 Å². The van der Waals surface area contributed by atoms with Crippen LogP contribution in [0, 0.1) is 0 Å². The zero-order chi connectivity index (χ0) is 7.94. The molecule has 0 saturated heterocycles. The number of hydrazine groups is 1. The lowest BCUT2D eigenvalue weighted by atomic mass is 10.0. The summed E-state index contributed by atoms with van der Waals surface area (Å²) in [5.74, 6) is 5.26. The van der Waals surface area contributed by atoms with Crippen molar-refractivity contribution in [3.63, 3.8) is 0 Å². The van der Waals surface area contributed by atoms with Gasteiger partial charge in [0.1, 0.15) is 0 Å². The van der Waals surface area contributed by atoms with E-state index in [1.165, 1.54) is 44.1 Å². The molecule has 0 spiro atoms. The van der Waals surface area contributed by atoms with Crippen LogP contribution in [0.2, 0.25) is 0 Å². The summed E-state index contributed by atoms with van der Waals surface area (Å²) in [6.45, 7) is 0.875. The van der Waals surface area contributed by atoms with E-state index in [0.717, 1.165) is 6.54 Å². The molecule has 1 aliphatic rings. The first-order valence-corrected chi connectivity index (χ1v) is 4.55. The largest absolute Gasteiger partial charge is 0.271 e. The van der Waals surface area contributed by atoms with Gasteiger partial charge >= 0.3 is 0 Å². The fourth-order valence-corrected chi connectivity index (χ4v) is 1.55. The fraction of sp³-hybridized carbons (Fsp3) is 0.778. The quantitative estimate of drug-likeness (QED) is 0.361. The summed E-state index contributed by atoms with van der Waals surface area (Å²) < 4.78 is 0. The molecule has 0 aromatic heterocycles. The van der Waals surface area contributed by atoms with Crippen LogP contribution < -0.4 is 11.3 Å². The van der Waals surface area contributed by atoms with Gasteiger partial charge in [-0.25, -0.2) is 0 Å². The van der Waals surface area contributed by atoms with Crippen molar-refractivity contribution in [2.75, 3.05) is 6.54 Å². The van der Waals surface area contributed by atoms with E-state index in [2.05, 4.69) is 11.5 Å². The van der Waals surface area contributed by atoms with Crippen LogP contribution in [-0.2, 0) is 0 Å². The van der Waals surface area contributed by atoms with E-state index in [-0.39, 0.29) is 0 Å². The van der Waals surface area contributed by atoms with E-state index < -0.39 is 0 Å². The first kappa shape index (κ1) is 8.75. The molecular weight excluding hydrogens is 136 g/mol. The molecule has 0 radical (unpaired) electrons. The predicted octanol–water partition coefficient (Wildman–Crippen LogP) is 1.73. The van der Waals surface area contributed by atoms with Gasteiger partial charge in [0, 0.05) is 6.54 Å². The molecule has 2 nitrogen and oxygen atoms in total. The number of nitrogens with one attached hydrogen (secondary N) is 1. The average Bonchev–Trinajstić information content (AvgIpc) is 1.94. The highest BCUT2D eigenvalue weighted by atomic mass is 15.2. The van der Waals surface area contributed by atoms with E-state index >= 15 is 0 Å². The van der Waals surface area contributed by atoms with E-state index in [4.69, 9.17) is 5.84 Å². The van der Waals surface area contributed by atoms with Gasteiger partial charge in [-0.05, 0) is 25.7 Å². The van der Waals surface area contributed by atoms with Crippen LogP contribution in [-0.4, -0.2) is 6.54 Å². The molecule has 1 rings (SSSR count). The molecule has 0 amide bonds. The van der Waals surface area contributed by atoms with Gasteiger partial charge in [-0.15, -0.1) is 0 Å². The van der Waals surface area contributed by atoms with E-state index in [1.54, 1.807) is 0 Å². The Morgan fingerprint density at radius 3 is 2.91 bits per heavy atom. The second-order valence-electron chi connectivity index (χ2n) is 3.20. The van der Waals surface area contributed by atoms with Crippen LogP contribution in [0.4, 0.5) is 0 Å². The minimum absolute atomic E-state index is 0.875. The third kappa shape index (κ3) is 3.54. The number of hydrogen-bond donors (Lipinski definition) is 2.